The Morgan fingerprint density at radius 1 is 1.20 bits per heavy atom. The molecule has 0 aromatic rings. The second-order valence-electron chi connectivity index (χ2n) is 2.90. The molecule has 1 aliphatic rings. The van der Waals surface area contributed by atoms with Crippen molar-refractivity contribution in [3.8, 4) is 0 Å². The second-order valence-corrected chi connectivity index (χ2v) is 2.90. The molecular formula is C10H20. The van der Waals surface area contributed by atoms with Crippen LogP contribution in [0.15, 0.2) is 11.1 Å². The van der Waals surface area contributed by atoms with Crippen molar-refractivity contribution in [3.05, 3.63) is 11.1 Å². The molecule has 1 atom stereocenters. The third-order valence-electron chi connectivity index (χ3n) is 2.36. The van der Waals surface area contributed by atoms with Gasteiger partial charge in [0.15, 0.2) is 0 Å². The largest absolute Gasteiger partial charge is 0.0741 e. The molecule has 0 heterocycles. The zero-order valence-corrected chi connectivity index (χ0v) is 7.99. The van der Waals surface area contributed by atoms with E-state index in [1.54, 1.807) is 11.1 Å². The molecule has 1 unspecified atom stereocenters. The third kappa shape index (κ3) is 2.17. The van der Waals surface area contributed by atoms with Crippen molar-refractivity contribution in [2.24, 2.45) is 5.92 Å². The van der Waals surface area contributed by atoms with Gasteiger partial charge in [0, 0.05) is 0 Å². The maximum atomic E-state index is 2.31. The smallest absolute Gasteiger partial charge is 0.0229 e. The first-order valence-electron chi connectivity index (χ1n) is 4.38. The van der Waals surface area contributed by atoms with E-state index in [1.165, 1.54) is 12.8 Å². The van der Waals surface area contributed by atoms with Gasteiger partial charge < -0.3 is 0 Å². The van der Waals surface area contributed by atoms with E-state index in [9.17, 15) is 0 Å². The molecule has 0 N–H and O–H groups in total. The highest BCUT2D eigenvalue weighted by molar-refractivity contribution is 5.17. The molecule has 1 aliphatic carbocycles. The van der Waals surface area contributed by atoms with Crippen LogP contribution >= 0.6 is 0 Å². The van der Waals surface area contributed by atoms with Crippen molar-refractivity contribution in [3.63, 3.8) is 0 Å². The molecular weight excluding hydrogens is 120 g/mol. The molecule has 0 amide bonds. The van der Waals surface area contributed by atoms with Crippen molar-refractivity contribution < 1.29 is 0 Å². The number of hydrogen-bond donors (Lipinski definition) is 0. The molecule has 0 fully saturated rings. The summed E-state index contributed by atoms with van der Waals surface area (Å²) in [5, 5.41) is 0. The van der Waals surface area contributed by atoms with E-state index in [2.05, 4.69) is 20.8 Å². The SMILES string of the molecule is CC.CC1=C(C)C(C)CC1. The summed E-state index contributed by atoms with van der Waals surface area (Å²) >= 11 is 0. The van der Waals surface area contributed by atoms with E-state index < -0.39 is 0 Å². The molecule has 0 aromatic heterocycles. The first-order chi connectivity index (χ1) is 4.72. The van der Waals surface area contributed by atoms with Crippen LogP contribution < -0.4 is 0 Å². The van der Waals surface area contributed by atoms with Crippen LogP contribution in [0, 0.1) is 5.92 Å². The summed E-state index contributed by atoms with van der Waals surface area (Å²) in [5.74, 6) is 0.870. The van der Waals surface area contributed by atoms with Crippen LogP contribution in [0.1, 0.15) is 47.5 Å². The molecule has 0 heteroatoms. The van der Waals surface area contributed by atoms with Crippen molar-refractivity contribution >= 4 is 0 Å². The highest BCUT2D eigenvalue weighted by Gasteiger charge is 2.13. The lowest BCUT2D eigenvalue weighted by Crippen LogP contribution is -1.86. The van der Waals surface area contributed by atoms with Crippen molar-refractivity contribution in [2.45, 2.75) is 47.5 Å². The average molecular weight is 140 g/mol. The summed E-state index contributed by atoms with van der Waals surface area (Å²) in [7, 11) is 0. The van der Waals surface area contributed by atoms with Gasteiger partial charge in [-0.25, -0.2) is 0 Å². The average Bonchev–Trinajstić information content (AvgIpc) is 2.25. The van der Waals surface area contributed by atoms with Crippen molar-refractivity contribution in [2.75, 3.05) is 0 Å². The summed E-state index contributed by atoms with van der Waals surface area (Å²) in [6.07, 6.45) is 2.73. The second kappa shape index (κ2) is 4.54. The molecule has 0 bridgehead atoms. The van der Waals surface area contributed by atoms with Crippen LogP contribution in [0.2, 0.25) is 0 Å². The first kappa shape index (κ1) is 9.74. The molecule has 0 saturated carbocycles. The Hall–Kier alpha value is -0.260. The summed E-state index contributed by atoms with van der Waals surface area (Å²) < 4.78 is 0. The quantitative estimate of drug-likeness (QED) is 0.449. The van der Waals surface area contributed by atoms with Gasteiger partial charge in [-0.15, -0.1) is 0 Å². The third-order valence-corrected chi connectivity index (χ3v) is 2.36. The summed E-state index contributed by atoms with van der Waals surface area (Å²) in [5.41, 5.74) is 3.25. The zero-order chi connectivity index (χ0) is 8.15. The highest BCUT2D eigenvalue weighted by Crippen LogP contribution is 2.30. The lowest BCUT2D eigenvalue weighted by atomic mass is 10.1. The van der Waals surface area contributed by atoms with E-state index >= 15 is 0 Å². The van der Waals surface area contributed by atoms with Gasteiger partial charge >= 0.3 is 0 Å². The summed E-state index contributed by atoms with van der Waals surface area (Å²) in [4.78, 5) is 0. The lowest BCUT2D eigenvalue weighted by molar-refractivity contribution is 0.669. The van der Waals surface area contributed by atoms with Crippen LogP contribution in [0.3, 0.4) is 0 Å². The van der Waals surface area contributed by atoms with Gasteiger partial charge in [-0.2, -0.15) is 0 Å². The fraction of sp³-hybridized carbons (Fsp3) is 0.800. The molecule has 10 heavy (non-hydrogen) atoms. The van der Waals surface area contributed by atoms with Gasteiger partial charge in [0.2, 0.25) is 0 Å². The maximum Gasteiger partial charge on any atom is -0.0229 e. The first-order valence-corrected chi connectivity index (χ1v) is 4.38. The molecule has 0 spiro atoms. The fourth-order valence-corrected chi connectivity index (χ4v) is 1.27. The van der Waals surface area contributed by atoms with E-state index in [-0.39, 0.29) is 0 Å². The van der Waals surface area contributed by atoms with Crippen LogP contribution in [0.4, 0.5) is 0 Å². The Kier molecular flexibility index (Phi) is 4.42. The molecule has 0 aliphatic heterocycles. The van der Waals surface area contributed by atoms with Crippen molar-refractivity contribution in [1.82, 2.24) is 0 Å². The Morgan fingerprint density at radius 3 is 1.80 bits per heavy atom. The van der Waals surface area contributed by atoms with Crippen LogP contribution in [0.5, 0.6) is 0 Å². The van der Waals surface area contributed by atoms with E-state index in [0.717, 1.165) is 5.92 Å². The predicted octanol–water partition coefficient (Wildman–Crippen LogP) is 3.78. The molecule has 0 saturated heterocycles. The van der Waals surface area contributed by atoms with Gasteiger partial charge in [-0.1, -0.05) is 31.9 Å². The van der Waals surface area contributed by atoms with Gasteiger partial charge in [-0.05, 0) is 32.6 Å². The van der Waals surface area contributed by atoms with Gasteiger partial charge in [0.05, 0.1) is 0 Å². The van der Waals surface area contributed by atoms with Crippen molar-refractivity contribution in [1.29, 1.82) is 0 Å². The number of allylic oxidation sites excluding steroid dienone is 2. The van der Waals surface area contributed by atoms with E-state index in [4.69, 9.17) is 0 Å². The Balaban J connectivity index is 0.000000371. The van der Waals surface area contributed by atoms with Gasteiger partial charge in [0.25, 0.3) is 0 Å². The monoisotopic (exact) mass is 140 g/mol. The van der Waals surface area contributed by atoms with E-state index in [0.29, 0.717) is 0 Å². The molecule has 60 valence electrons. The highest BCUT2D eigenvalue weighted by atomic mass is 14.2. The molecule has 0 radical (unpaired) electrons. The Labute approximate surface area is 65.3 Å². The molecule has 1 rings (SSSR count). The van der Waals surface area contributed by atoms with Crippen LogP contribution in [-0.4, -0.2) is 0 Å². The summed E-state index contributed by atoms with van der Waals surface area (Å²) in [6, 6.07) is 0. The number of rotatable bonds is 0. The van der Waals surface area contributed by atoms with Gasteiger partial charge in [0.1, 0.15) is 0 Å². The molecule has 0 nitrogen and oxygen atoms in total. The Bertz CT molecular complexity index is 120. The minimum atomic E-state index is 0.870. The predicted molar refractivity (Wildman–Crippen MR) is 48.1 cm³/mol. The Morgan fingerprint density at radius 2 is 1.70 bits per heavy atom. The minimum absolute atomic E-state index is 0.870. The summed E-state index contributed by atoms with van der Waals surface area (Å²) in [6.45, 7) is 10.8. The number of hydrogen-bond acceptors (Lipinski definition) is 0. The topological polar surface area (TPSA) is 0 Å². The minimum Gasteiger partial charge on any atom is -0.0741 e. The molecule has 0 aromatic carbocycles. The normalized spacial score (nSPS) is 24.3. The maximum absolute atomic E-state index is 2.31. The van der Waals surface area contributed by atoms with E-state index in [1.807, 2.05) is 13.8 Å². The standard InChI is InChI=1S/C8H14.C2H6/c1-6-4-5-7(2)8(6)3;1-2/h6H,4-5H2,1-3H3;1-2H3. The van der Waals surface area contributed by atoms with Crippen LogP contribution in [0.25, 0.3) is 0 Å². The zero-order valence-electron chi connectivity index (χ0n) is 7.99. The lowest BCUT2D eigenvalue weighted by Gasteiger charge is -2.00. The van der Waals surface area contributed by atoms with Crippen LogP contribution in [-0.2, 0) is 0 Å². The van der Waals surface area contributed by atoms with Gasteiger partial charge in [-0.3, -0.25) is 0 Å². The fourth-order valence-electron chi connectivity index (χ4n) is 1.27.